The topological polar surface area (TPSA) is 64.3 Å². The fourth-order valence-corrected chi connectivity index (χ4v) is 2.32. The molecule has 0 aliphatic carbocycles. The van der Waals surface area contributed by atoms with E-state index in [2.05, 4.69) is 37.6 Å². The van der Waals surface area contributed by atoms with Crippen molar-refractivity contribution in [2.45, 2.75) is 52.6 Å². The average molecular weight is 278 g/mol. The molecule has 1 unspecified atom stereocenters. The van der Waals surface area contributed by atoms with Gasteiger partial charge in [-0.1, -0.05) is 27.7 Å². The summed E-state index contributed by atoms with van der Waals surface area (Å²) in [4.78, 5) is 11.5. The van der Waals surface area contributed by atoms with Crippen LogP contribution in [0.3, 0.4) is 0 Å². The van der Waals surface area contributed by atoms with Crippen LogP contribution in [-0.4, -0.2) is 35.8 Å². The van der Waals surface area contributed by atoms with Gasteiger partial charge in [0.2, 0.25) is 0 Å². The summed E-state index contributed by atoms with van der Waals surface area (Å²) >= 11 is 0. The number of aromatic nitrogens is 2. The highest BCUT2D eigenvalue weighted by atomic mass is 16.5. The average Bonchev–Trinajstić information content (AvgIpc) is 2.40. The maximum absolute atomic E-state index is 6.08. The van der Waals surface area contributed by atoms with Crippen molar-refractivity contribution in [1.82, 2.24) is 9.97 Å². The van der Waals surface area contributed by atoms with E-state index in [0.717, 1.165) is 43.3 Å². The Kier molecular flexibility index (Phi) is 4.18. The van der Waals surface area contributed by atoms with Crippen LogP contribution in [0, 0.1) is 6.92 Å². The number of anilines is 2. The summed E-state index contributed by atoms with van der Waals surface area (Å²) in [5.74, 6) is 2.35. The van der Waals surface area contributed by atoms with Gasteiger partial charge in [-0.3, -0.25) is 0 Å². The first-order valence-corrected chi connectivity index (χ1v) is 7.34. The largest absolute Gasteiger partial charge is 0.383 e. The van der Waals surface area contributed by atoms with E-state index in [1.807, 2.05) is 6.92 Å². The second-order valence-corrected chi connectivity index (χ2v) is 6.48. The minimum Gasteiger partial charge on any atom is -0.383 e. The van der Waals surface area contributed by atoms with Gasteiger partial charge in [-0.2, -0.15) is 0 Å². The highest BCUT2D eigenvalue weighted by Gasteiger charge is 2.25. The molecular weight excluding hydrogens is 252 g/mol. The number of nitrogens with zero attached hydrogens (tertiary/aromatic N) is 3. The molecule has 20 heavy (non-hydrogen) atoms. The predicted octanol–water partition coefficient (Wildman–Crippen LogP) is 2.28. The molecule has 0 saturated carbocycles. The van der Waals surface area contributed by atoms with Crippen molar-refractivity contribution in [2.75, 3.05) is 30.3 Å². The second kappa shape index (κ2) is 5.56. The first kappa shape index (κ1) is 15.0. The molecule has 2 heterocycles. The molecular formula is C15H26N4O. The Balaban J connectivity index is 2.37. The number of nitrogen functional groups attached to an aromatic ring is 1. The number of hydrogen-bond donors (Lipinski definition) is 1. The number of ether oxygens (including phenoxy) is 1. The van der Waals surface area contributed by atoms with Gasteiger partial charge in [0.15, 0.2) is 0 Å². The lowest BCUT2D eigenvalue weighted by molar-refractivity contribution is 0.0381. The van der Waals surface area contributed by atoms with E-state index in [4.69, 9.17) is 15.5 Å². The lowest BCUT2D eigenvalue weighted by atomic mass is 9.95. The molecule has 0 spiro atoms. The number of nitrogens with two attached hydrogens (primary N) is 1. The maximum Gasteiger partial charge on any atom is 0.138 e. The third kappa shape index (κ3) is 3.03. The molecule has 5 heteroatoms. The zero-order valence-electron chi connectivity index (χ0n) is 13.2. The molecule has 2 rings (SSSR count). The molecule has 1 fully saturated rings. The van der Waals surface area contributed by atoms with E-state index in [1.165, 1.54) is 0 Å². The van der Waals surface area contributed by atoms with Crippen LogP contribution in [0.2, 0.25) is 0 Å². The van der Waals surface area contributed by atoms with Crippen LogP contribution in [-0.2, 0) is 10.2 Å². The molecule has 1 saturated heterocycles. The number of hydrogen-bond acceptors (Lipinski definition) is 5. The molecule has 112 valence electrons. The van der Waals surface area contributed by atoms with Gasteiger partial charge in [0.1, 0.15) is 17.5 Å². The normalized spacial score (nSPS) is 20.2. The first-order chi connectivity index (χ1) is 9.32. The highest BCUT2D eigenvalue weighted by molar-refractivity contribution is 5.57. The smallest absolute Gasteiger partial charge is 0.138 e. The molecule has 1 aliphatic rings. The Hall–Kier alpha value is -1.36. The predicted molar refractivity (Wildman–Crippen MR) is 82.1 cm³/mol. The number of rotatable bonds is 2. The van der Waals surface area contributed by atoms with Crippen LogP contribution in [0.1, 0.15) is 45.5 Å². The third-order valence-corrected chi connectivity index (χ3v) is 3.72. The van der Waals surface area contributed by atoms with E-state index < -0.39 is 0 Å². The van der Waals surface area contributed by atoms with Crippen LogP contribution in [0.15, 0.2) is 0 Å². The zero-order chi connectivity index (χ0) is 14.9. The lowest BCUT2D eigenvalue weighted by Crippen LogP contribution is -2.43. The van der Waals surface area contributed by atoms with Crippen LogP contribution < -0.4 is 10.6 Å². The highest BCUT2D eigenvalue weighted by Crippen LogP contribution is 2.28. The molecule has 5 nitrogen and oxygen atoms in total. The SMILES string of the molecule is CCC1CN(c2nc(C(C)(C)C)nc(N)c2C)CCO1. The van der Waals surface area contributed by atoms with Crippen molar-refractivity contribution < 1.29 is 4.74 Å². The molecule has 0 aromatic carbocycles. The van der Waals surface area contributed by atoms with Gasteiger partial charge >= 0.3 is 0 Å². The van der Waals surface area contributed by atoms with Crippen molar-refractivity contribution in [3.05, 3.63) is 11.4 Å². The Morgan fingerprint density at radius 2 is 2.05 bits per heavy atom. The van der Waals surface area contributed by atoms with Gasteiger partial charge in [-0.25, -0.2) is 9.97 Å². The summed E-state index contributed by atoms with van der Waals surface area (Å²) in [6, 6.07) is 0. The Bertz CT molecular complexity index is 481. The summed E-state index contributed by atoms with van der Waals surface area (Å²) in [6.45, 7) is 12.9. The first-order valence-electron chi connectivity index (χ1n) is 7.34. The summed E-state index contributed by atoms with van der Waals surface area (Å²) in [5.41, 5.74) is 6.95. The molecule has 1 atom stereocenters. The van der Waals surface area contributed by atoms with Crippen LogP contribution in [0.25, 0.3) is 0 Å². The van der Waals surface area contributed by atoms with E-state index in [1.54, 1.807) is 0 Å². The van der Waals surface area contributed by atoms with E-state index in [-0.39, 0.29) is 11.5 Å². The van der Waals surface area contributed by atoms with Crippen molar-refractivity contribution in [1.29, 1.82) is 0 Å². The Morgan fingerprint density at radius 1 is 1.35 bits per heavy atom. The molecule has 1 aromatic rings. The quantitative estimate of drug-likeness (QED) is 0.899. The van der Waals surface area contributed by atoms with Gasteiger partial charge in [0, 0.05) is 24.1 Å². The van der Waals surface area contributed by atoms with Gasteiger partial charge < -0.3 is 15.4 Å². The molecule has 1 aromatic heterocycles. The van der Waals surface area contributed by atoms with Gasteiger partial charge in [0.05, 0.1) is 12.7 Å². The molecule has 2 N–H and O–H groups in total. The monoisotopic (exact) mass is 278 g/mol. The summed E-state index contributed by atoms with van der Waals surface area (Å²) in [5, 5.41) is 0. The Morgan fingerprint density at radius 3 is 2.65 bits per heavy atom. The molecule has 0 bridgehead atoms. The van der Waals surface area contributed by atoms with E-state index in [0.29, 0.717) is 5.82 Å². The fourth-order valence-electron chi connectivity index (χ4n) is 2.32. The van der Waals surface area contributed by atoms with Crippen LogP contribution >= 0.6 is 0 Å². The van der Waals surface area contributed by atoms with Crippen molar-refractivity contribution >= 4 is 11.6 Å². The molecule has 1 aliphatic heterocycles. The molecule has 0 amide bonds. The van der Waals surface area contributed by atoms with Gasteiger partial charge in [0.25, 0.3) is 0 Å². The Labute approximate surface area is 121 Å². The van der Waals surface area contributed by atoms with Gasteiger partial charge in [-0.05, 0) is 13.3 Å². The maximum atomic E-state index is 6.08. The minimum absolute atomic E-state index is 0.104. The van der Waals surface area contributed by atoms with Crippen molar-refractivity contribution in [2.24, 2.45) is 0 Å². The zero-order valence-corrected chi connectivity index (χ0v) is 13.2. The number of morpholine rings is 1. The summed E-state index contributed by atoms with van der Waals surface area (Å²) < 4.78 is 5.73. The van der Waals surface area contributed by atoms with Crippen molar-refractivity contribution in [3.63, 3.8) is 0 Å². The standard InChI is InChI=1S/C15H26N4O/c1-6-11-9-19(7-8-20-11)13-10(2)12(16)17-14(18-13)15(3,4)5/h11H,6-9H2,1-5H3,(H2,16,17,18). The van der Waals surface area contributed by atoms with Crippen LogP contribution in [0.5, 0.6) is 0 Å². The summed E-state index contributed by atoms with van der Waals surface area (Å²) in [6.07, 6.45) is 1.29. The second-order valence-electron chi connectivity index (χ2n) is 6.48. The van der Waals surface area contributed by atoms with Crippen molar-refractivity contribution in [3.8, 4) is 0 Å². The minimum atomic E-state index is -0.104. The van der Waals surface area contributed by atoms with Crippen LogP contribution in [0.4, 0.5) is 11.6 Å². The van der Waals surface area contributed by atoms with Gasteiger partial charge in [-0.15, -0.1) is 0 Å². The lowest BCUT2D eigenvalue weighted by Gasteiger charge is -2.35. The third-order valence-electron chi connectivity index (χ3n) is 3.72. The fraction of sp³-hybridized carbons (Fsp3) is 0.733. The summed E-state index contributed by atoms with van der Waals surface area (Å²) in [7, 11) is 0. The van der Waals surface area contributed by atoms with E-state index in [9.17, 15) is 0 Å². The molecule has 0 radical (unpaired) electrons. The van der Waals surface area contributed by atoms with E-state index >= 15 is 0 Å².